The van der Waals surface area contributed by atoms with Gasteiger partial charge in [-0.15, -0.1) is 0 Å². The maximum Gasteiger partial charge on any atom is 0.271 e. The van der Waals surface area contributed by atoms with E-state index in [1.807, 2.05) is 30.3 Å². The first-order chi connectivity index (χ1) is 13.6. The van der Waals surface area contributed by atoms with Crippen molar-refractivity contribution in [3.8, 4) is 11.4 Å². The number of ether oxygens (including phenoxy) is 1. The van der Waals surface area contributed by atoms with Gasteiger partial charge >= 0.3 is 0 Å². The minimum absolute atomic E-state index is 0.157. The molecule has 28 heavy (non-hydrogen) atoms. The molecule has 1 amide bonds. The van der Waals surface area contributed by atoms with Crippen molar-refractivity contribution in [1.29, 1.82) is 0 Å². The molecule has 0 saturated heterocycles. The van der Waals surface area contributed by atoms with Crippen molar-refractivity contribution in [2.24, 2.45) is 5.92 Å². The van der Waals surface area contributed by atoms with E-state index in [9.17, 15) is 9.90 Å². The molecule has 1 aliphatic rings. The van der Waals surface area contributed by atoms with E-state index in [1.165, 1.54) is 0 Å². The number of aromatic nitrogens is 2. The molecule has 1 atom stereocenters. The molecule has 0 aliphatic carbocycles. The lowest BCUT2D eigenvalue weighted by Crippen LogP contribution is -2.35. The van der Waals surface area contributed by atoms with E-state index in [1.54, 1.807) is 0 Å². The van der Waals surface area contributed by atoms with Gasteiger partial charge in [0.05, 0.1) is 18.4 Å². The number of aliphatic hydroxyl groups excluding tert-OH is 1. The topological polar surface area (TPSA) is 76.4 Å². The first-order valence-electron chi connectivity index (χ1n) is 10.2. The number of carbonyl (C=O) groups excluding carboxylic acids is 1. The van der Waals surface area contributed by atoms with Crippen molar-refractivity contribution in [3.05, 3.63) is 41.7 Å². The molecule has 0 spiro atoms. The van der Waals surface area contributed by atoms with Crippen LogP contribution >= 0.6 is 0 Å². The number of fused-ring (bicyclic) bond motifs is 1. The molecule has 2 heterocycles. The molecule has 0 unspecified atom stereocenters. The molecule has 0 bridgehead atoms. The van der Waals surface area contributed by atoms with E-state index in [2.05, 4.69) is 23.7 Å². The number of hydrogen-bond acceptors (Lipinski definition) is 4. The number of nitrogens with one attached hydrogen (secondary N) is 1. The van der Waals surface area contributed by atoms with Gasteiger partial charge in [0.15, 0.2) is 0 Å². The van der Waals surface area contributed by atoms with Crippen molar-refractivity contribution in [2.45, 2.75) is 52.2 Å². The van der Waals surface area contributed by atoms with Gasteiger partial charge in [0.25, 0.3) is 5.91 Å². The third-order valence-electron chi connectivity index (χ3n) is 4.87. The molecule has 1 aliphatic heterocycles. The Labute approximate surface area is 166 Å². The van der Waals surface area contributed by atoms with Crippen molar-refractivity contribution in [3.63, 3.8) is 0 Å². The molecular weight excluding hydrogens is 354 g/mol. The minimum Gasteiger partial charge on any atom is -0.389 e. The zero-order chi connectivity index (χ0) is 19.9. The predicted molar refractivity (Wildman–Crippen MR) is 109 cm³/mol. The number of benzene rings is 1. The third kappa shape index (κ3) is 5.20. The summed E-state index contributed by atoms with van der Waals surface area (Å²) in [4.78, 5) is 17.5. The van der Waals surface area contributed by atoms with Gasteiger partial charge in [0.2, 0.25) is 0 Å². The van der Waals surface area contributed by atoms with Crippen LogP contribution < -0.4 is 5.32 Å². The molecule has 1 aromatic carbocycles. The second-order valence-corrected chi connectivity index (χ2v) is 7.85. The summed E-state index contributed by atoms with van der Waals surface area (Å²) in [5, 5.41) is 12.9. The summed E-state index contributed by atoms with van der Waals surface area (Å²) in [5.74, 6) is 1.04. The first kappa shape index (κ1) is 20.6. The fourth-order valence-electron chi connectivity index (χ4n) is 3.50. The smallest absolute Gasteiger partial charge is 0.271 e. The number of rotatable bonds is 8. The Balaban J connectivity index is 1.72. The molecule has 6 nitrogen and oxygen atoms in total. The zero-order valence-electron chi connectivity index (χ0n) is 16.9. The van der Waals surface area contributed by atoms with Gasteiger partial charge in [-0.25, -0.2) is 4.98 Å². The fraction of sp³-hybridized carbons (Fsp3) is 0.545. The molecular formula is C22H31N3O3. The summed E-state index contributed by atoms with van der Waals surface area (Å²) in [7, 11) is 0. The second kappa shape index (κ2) is 9.85. The van der Waals surface area contributed by atoms with Crippen molar-refractivity contribution in [1.82, 2.24) is 14.9 Å². The Hall–Kier alpha value is -2.18. The normalized spacial score (nSPS) is 15.1. The van der Waals surface area contributed by atoms with Crippen molar-refractivity contribution >= 4 is 5.91 Å². The zero-order valence-corrected chi connectivity index (χ0v) is 16.9. The first-order valence-corrected chi connectivity index (χ1v) is 10.2. The average Bonchev–Trinajstić information content (AvgIpc) is 2.88. The van der Waals surface area contributed by atoms with E-state index in [0.29, 0.717) is 18.2 Å². The lowest BCUT2D eigenvalue weighted by molar-refractivity contribution is 0.0259. The second-order valence-electron chi connectivity index (χ2n) is 7.85. The van der Waals surface area contributed by atoms with Crippen LogP contribution in [0.1, 0.15) is 49.3 Å². The van der Waals surface area contributed by atoms with Crippen LogP contribution in [-0.2, 0) is 17.7 Å². The minimum atomic E-state index is -0.725. The van der Waals surface area contributed by atoms with E-state index < -0.39 is 6.10 Å². The third-order valence-corrected chi connectivity index (χ3v) is 4.87. The lowest BCUT2D eigenvalue weighted by atomic mass is 10.1. The molecule has 152 valence electrons. The molecule has 2 N–H and O–H groups in total. The highest BCUT2D eigenvalue weighted by atomic mass is 16.5. The SMILES string of the molecule is CC(C)COC[C@@H](O)CNC(=O)c1nc(-c2ccccc2)n2c1CCCCC2. The Morgan fingerprint density at radius 2 is 2.00 bits per heavy atom. The van der Waals surface area contributed by atoms with Crippen LogP contribution in [0.3, 0.4) is 0 Å². The molecule has 1 aromatic heterocycles. The quantitative estimate of drug-likeness (QED) is 0.732. The average molecular weight is 386 g/mol. The summed E-state index contributed by atoms with van der Waals surface area (Å²) in [6.45, 7) is 5.97. The standard InChI is InChI=1S/C22H31N3O3/c1-16(2)14-28-15-18(26)13-23-22(27)20-19-11-7-4-8-12-25(19)21(24-20)17-9-5-3-6-10-17/h3,5-6,9-10,16,18,26H,4,7-8,11-15H2,1-2H3,(H,23,27)/t18-/m0/s1. The highest BCUT2D eigenvalue weighted by Crippen LogP contribution is 2.27. The number of nitrogens with zero attached hydrogens (tertiary/aromatic N) is 2. The maximum absolute atomic E-state index is 12.8. The van der Waals surface area contributed by atoms with Crippen LogP contribution in [0, 0.1) is 5.92 Å². The Bertz CT molecular complexity index is 771. The molecule has 0 fully saturated rings. The van der Waals surface area contributed by atoms with Crippen LogP contribution in [0.4, 0.5) is 0 Å². The van der Waals surface area contributed by atoms with E-state index in [4.69, 9.17) is 9.72 Å². The van der Waals surface area contributed by atoms with Gasteiger partial charge in [-0.1, -0.05) is 50.6 Å². The van der Waals surface area contributed by atoms with Gasteiger partial charge in [0, 0.05) is 25.3 Å². The van der Waals surface area contributed by atoms with Crippen LogP contribution in [0.2, 0.25) is 0 Å². The highest BCUT2D eigenvalue weighted by Gasteiger charge is 2.24. The van der Waals surface area contributed by atoms with Gasteiger partial charge < -0.3 is 19.7 Å². The van der Waals surface area contributed by atoms with Crippen molar-refractivity contribution in [2.75, 3.05) is 19.8 Å². The van der Waals surface area contributed by atoms with Gasteiger partial charge in [-0.2, -0.15) is 0 Å². The van der Waals surface area contributed by atoms with Crippen LogP contribution in [-0.4, -0.2) is 46.4 Å². The number of amides is 1. The highest BCUT2D eigenvalue weighted by molar-refractivity contribution is 5.94. The Kier molecular flexibility index (Phi) is 7.23. The molecule has 0 saturated carbocycles. The number of imidazole rings is 1. The largest absolute Gasteiger partial charge is 0.389 e. The van der Waals surface area contributed by atoms with E-state index >= 15 is 0 Å². The van der Waals surface area contributed by atoms with Gasteiger partial charge in [-0.05, 0) is 25.2 Å². The summed E-state index contributed by atoms with van der Waals surface area (Å²) in [6, 6.07) is 10.0. The Morgan fingerprint density at radius 1 is 1.21 bits per heavy atom. The lowest BCUT2D eigenvalue weighted by Gasteiger charge is -2.13. The number of hydrogen-bond donors (Lipinski definition) is 2. The summed E-state index contributed by atoms with van der Waals surface area (Å²) in [6.07, 6.45) is 3.44. The van der Waals surface area contributed by atoms with Gasteiger partial charge in [0.1, 0.15) is 11.5 Å². The Morgan fingerprint density at radius 3 is 2.75 bits per heavy atom. The van der Waals surface area contributed by atoms with Gasteiger partial charge in [-0.3, -0.25) is 4.79 Å². The van der Waals surface area contributed by atoms with E-state index in [-0.39, 0.29) is 19.1 Å². The van der Waals surface area contributed by atoms with Crippen molar-refractivity contribution < 1.29 is 14.6 Å². The van der Waals surface area contributed by atoms with Crippen LogP contribution in [0.15, 0.2) is 30.3 Å². The molecule has 2 aromatic rings. The number of aliphatic hydroxyl groups is 1. The summed E-state index contributed by atoms with van der Waals surface area (Å²) >= 11 is 0. The maximum atomic E-state index is 12.8. The fourth-order valence-corrected chi connectivity index (χ4v) is 3.50. The number of carbonyl (C=O) groups is 1. The molecule has 6 heteroatoms. The van der Waals surface area contributed by atoms with Crippen LogP contribution in [0.5, 0.6) is 0 Å². The monoisotopic (exact) mass is 385 g/mol. The van der Waals surface area contributed by atoms with Crippen LogP contribution in [0.25, 0.3) is 11.4 Å². The summed E-state index contributed by atoms with van der Waals surface area (Å²) in [5.41, 5.74) is 2.50. The predicted octanol–water partition coefficient (Wildman–Crippen LogP) is 3.04. The molecule has 3 rings (SSSR count). The van der Waals surface area contributed by atoms with E-state index in [0.717, 1.165) is 49.3 Å². The molecule has 0 radical (unpaired) electrons. The summed E-state index contributed by atoms with van der Waals surface area (Å²) < 4.78 is 7.64.